The summed E-state index contributed by atoms with van der Waals surface area (Å²) in [4.78, 5) is 5.53. The molecular formula is C11H16F3N3O. The zero-order chi connectivity index (χ0) is 13.8. The molecule has 0 unspecified atom stereocenters. The maximum atomic E-state index is 12.7. The van der Waals surface area contributed by atoms with Crippen LogP contribution in [0.25, 0.3) is 0 Å². The molecule has 0 bridgehead atoms. The van der Waals surface area contributed by atoms with Gasteiger partial charge in [-0.1, -0.05) is 0 Å². The summed E-state index contributed by atoms with van der Waals surface area (Å²) < 4.78 is 38.1. The van der Waals surface area contributed by atoms with E-state index in [9.17, 15) is 13.2 Å². The molecule has 18 heavy (non-hydrogen) atoms. The maximum Gasteiger partial charge on any atom is 0.416 e. The Morgan fingerprint density at radius 2 is 2.06 bits per heavy atom. The Balaban J connectivity index is 3.13. The van der Waals surface area contributed by atoms with Gasteiger partial charge >= 0.3 is 6.18 Å². The second kappa shape index (κ2) is 5.90. The summed E-state index contributed by atoms with van der Waals surface area (Å²) >= 11 is 0. The van der Waals surface area contributed by atoms with E-state index in [0.717, 1.165) is 12.1 Å². The van der Waals surface area contributed by atoms with Crippen molar-refractivity contribution in [1.82, 2.24) is 4.98 Å². The van der Waals surface area contributed by atoms with Crippen LogP contribution in [-0.4, -0.2) is 36.8 Å². The van der Waals surface area contributed by atoms with E-state index in [-0.39, 0.29) is 24.8 Å². The second-order valence-corrected chi connectivity index (χ2v) is 3.77. The van der Waals surface area contributed by atoms with Crippen molar-refractivity contribution in [3.8, 4) is 0 Å². The predicted molar refractivity (Wildman–Crippen MR) is 63.8 cm³/mol. The zero-order valence-electron chi connectivity index (χ0n) is 10.3. The highest BCUT2D eigenvalue weighted by Gasteiger charge is 2.32. The maximum absolute atomic E-state index is 12.7. The van der Waals surface area contributed by atoms with E-state index in [2.05, 4.69) is 10.3 Å². The van der Waals surface area contributed by atoms with E-state index in [1.807, 2.05) is 0 Å². The van der Waals surface area contributed by atoms with Crippen molar-refractivity contribution in [3.05, 3.63) is 17.7 Å². The third-order valence-electron chi connectivity index (χ3n) is 2.32. The summed E-state index contributed by atoms with van der Waals surface area (Å²) in [7, 11) is 1.58. The van der Waals surface area contributed by atoms with Gasteiger partial charge in [-0.3, -0.25) is 0 Å². The van der Waals surface area contributed by atoms with Gasteiger partial charge in [0.25, 0.3) is 0 Å². The van der Waals surface area contributed by atoms with Crippen LogP contribution < -0.4 is 10.2 Å². The molecule has 1 aromatic rings. The van der Waals surface area contributed by atoms with Crippen LogP contribution >= 0.6 is 0 Å². The molecule has 0 radical (unpaired) electrons. The highest BCUT2D eigenvalue weighted by atomic mass is 19.4. The minimum absolute atomic E-state index is 0.148. The molecule has 4 nitrogen and oxygen atoms in total. The molecule has 0 aliphatic carbocycles. The van der Waals surface area contributed by atoms with E-state index in [0.29, 0.717) is 6.54 Å². The fourth-order valence-electron chi connectivity index (χ4n) is 1.41. The number of pyridine rings is 1. The number of rotatable bonds is 5. The van der Waals surface area contributed by atoms with Gasteiger partial charge in [0.1, 0.15) is 11.6 Å². The van der Waals surface area contributed by atoms with Crippen molar-refractivity contribution >= 4 is 11.6 Å². The number of nitrogens with one attached hydrogen (secondary N) is 1. The lowest BCUT2D eigenvalue weighted by molar-refractivity contribution is -0.137. The topological polar surface area (TPSA) is 48.4 Å². The van der Waals surface area contributed by atoms with E-state index >= 15 is 0 Å². The first-order valence-corrected chi connectivity index (χ1v) is 5.53. The van der Waals surface area contributed by atoms with Crippen molar-refractivity contribution in [3.63, 3.8) is 0 Å². The molecule has 0 saturated heterocycles. The number of likely N-dealkylation sites (N-methyl/N-ethyl adjacent to an activating group) is 1. The van der Waals surface area contributed by atoms with Gasteiger partial charge in [-0.15, -0.1) is 0 Å². The van der Waals surface area contributed by atoms with Crippen molar-refractivity contribution in [2.75, 3.05) is 37.0 Å². The van der Waals surface area contributed by atoms with E-state index in [4.69, 9.17) is 5.11 Å². The number of nitrogens with zero attached hydrogens (tertiary/aromatic N) is 2. The van der Waals surface area contributed by atoms with Crippen LogP contribution in [0.5, 0.6) is 0 Å². The van der Waals surface area contributed by atoms with E-state index < -0.39 is 11.7 Å². The summed E-state index contributed by atoms with van der Waals surface area (Å²) in [5.41, 5.74) is -0.756. The lowest BCUT2D eigenvalue weighted by Crippen LogP contribution is -2.23. The standard InChI is InChI=1S/C11H16F3N3O/c1-3-15-9-6-8(11(12,13)14)7-10(16-9)17(2)4-5-18/h6-7,18H,3-5H2,1-2H3,(H,15,16). The molecule has 0 aromatic carbocycles. The molecule has 0 amide bonds. The first kappa shape index (κ1) is 14.6. The van der Waals surface area contributed by atoms with Gasteiger partial charge in [-0.25, -0.2) is 4.98 Å². The minimum Gasteiger partial charge on any atom is -0.395 e. The van der Waals surface area contributed by atoms with Crippen LogP contribution in [0.3, 0.4) is 0 Å². The fraction of sp³-hybridized carbons (Fsp3) is 0.545. The smallest absolute Gasteiger partial charge is 0.395 e. The van der Waals surface area contributed by atoms with Crippen LogP contribution in [-0.2, 0) is 6.18 Å². The number of alkyl halides is 3. The molecule has 102 valence electrons. The number of anilines is 2. The van der Waals surface area contributed by atoms with Crippen molar-refractivity contribution in [2.24, 2.45) is 0 Å². The van der Waals surface area contributed by atoms with Crippen LogP contribution in [0.2, 0.25) is 0 Å². The van der Waals surface area contributed by atoms with Gasteiger partial charge in [0.15, 0.2) is 0 Å². The van der Waals surface area contributed by atoms with Crippen LogP contribution in [0.4, 0.5) is 24.8 Å². The Bertz CT molecular complexity index is 396. The Labute approximate surface area is 103 Å². The van der Waals surface area contributed by atoms with Gasteiger partial charge in [0.2, 0.25) is 0 Å². The van der Waals surface area contributed by atoms with Gasteiger partial charge < -0.3 is 15.3 Å². The lowest BCUT2D eigenvalue weighted by atomic mass is 10.2. The molecular weight excluding hydrogens is 247 g/mol. The summed E-state index contributed by atoms with van der Waals surface area (Å²) in [5, 5.41) is 11.5. The van der Waals surface area contributed by atoms with Crippen LogP contribution in [0.1, 0.15) is 12.5 Å². The van der Waals surface area contributed by atoms with Crippen molar-refractivity contribution in [1.29, 1.82) is 0 Å². The number of halogens is 3. The Hall–Kier alpha value is -1.50. The average Bonchev–Trinajstić information content (AvgIpc) is 2.28. The number of aliphatic hydroxyl groups excluding tert-OH is 1. The molecule has 0 saturated carbocycles. The third kappa shape index (κ3) is 3.76. The highest BCUT2D eigenvalue weighted by Crippen LogP contribution is 2.32. The van der Waals surface area contributed by atoms with Gasteiger partial charge in [-0.05, 0) is 19.1 Å². The van der Waals surface area contributed by atoms with Gasteiger partial charge in [0, 0.05) is 20.1 Å². The van der Waals surface area contributed by atoms with E-state index in [1.165, 1.54) is 4.90 Å². The second-order valence-electron chi connectivity index (χ2n) is 3.77. The quantitative estimate of drug-likeness (QED) is 0.852. The highest BCUT2D eigenvalue weighted by molar-refractivity contribution is 5.50. The molecule has 1 aromatic heterocycles. The Morgan fingerprint density at radius 3 is 2.56 bits per heavy atom. The zero-order valence-corrected chi connectivity index (χ0v) is 10.3. The lowest BCUT2D eigenvalue weighted by Gasteiger charge is -2.19. The minimum atomic E-state index is -4.41. The molecule has 1 heterocycles. The largest absolute Gasteiger partial charge is 0.416 e. The number of aliphatic hydroxyl groups is 1. The first-order chi connectivity index (χ1) is 8.38. The van der Waals surface area contributed by atoms with Crippen LogP contribution in [0, 0.1) is 0 Å². The normalized spacial score (nSPS) is 11.4. The molecule has 1 rings (SSSR count). The predicted octanol–water partition coefficient (Wildman–Crippen LogP) is 1.96. The number of hydrogen-bond donors (Lipinski definition) is 2. The Kier molecular flexibility index (Phi) is 4.77. The molecule has 0 aliphatic rings. The van der Waals surface area contributed by atoms with E-state index in [1.54, 1.807) is 14.0 Å². The monoisotopic (exact) mass is 263 g/mol. The number of hydrogen-bond acceptors (Lipinski definition) is 4. The molecule has 0 spiro atoms. The summed E-state index contributed by atoms with van der Waals surface area (Å²) in [6.45, 7) is 2.33. The van der Waals surface area contributed by atoms with Crippen molar-refractivity contribution < 1.29 is 18.3 Å². The van der Waals surface area contributed by atoms with Gasteiger partial charge in [-0.2, -0.15) is 13.2 Å². The van der Waals surface area contributed by atoms with Crippen LogP contribution in [0.15, 0.2) is 12.1 Å². The summed E-state index contributed by atoms with van der Waals surface area (Å²) in [6.07, 6.45) is -4.41. The summed E-state index contributed by atoms with van der Waals surface area (Å²) in [6, 6.07) is 1.94. The molecule has 7 heteroatoms. The van der Waals surface area contributed by atoms with Crippen molar-refractivity contribution in [2.45, 2.75) is 13.1 Å². The molecule has 0 aliphatic heterocycles. The number of aromatic nitrogens is 1. The third-order valence-corrected chi connectivity index (χ3v) is 2.32. The van der Waals surface area contributed by atoms with Gasteiger partial charge in [0.05, 0.1) is 12.2 Å². The first-order valence-electron chi connectivity index (χ1n) is 5.53. The SMILES string of the molecule is CCNc1cc(C(F)(F)F)cc(N(C)CCO)n1. The molecule has 2 N–H and O–H groups in total. The molecule has 0 fully saturated rings. The fourth-order valence-corrected chi connectivity index (χ4v) is 1.41. The summed E-state index contributed by atoms with van der Waals surface area (Å²) in [5.74, 6) is 0.349. The molecule has 0 atom stereocenters. The average molecular weight is 263 g/mol. The Morgan fingerprint density at radius 1 is 1.39 bits per heavy atom.